The fourth-order valence-electron chi connectivity index (χ4n) is 12.6. The number of hydrogen-bond donors (Lipinski definition) is 1. The van der Waals surface area contributed by atoms with E-state index in [0.717, 1.165) is 32.1 Å². The lowest BCUT2D eigenvalue weighted by molar-refractivity contribution is -0.255. The lowest BCUT2D eigenvalue weighted by Crippen LogP contribution is -2.67. The summed E-state index contributed by atoms with van der Waals surface area (Å²) >= 11 is 0. The summed E-state index contributed by atoms with van der Waals surface area (Å²) in [5.41, 5.74) is -0.511. The topological polar surface area (TPSA) is 72.8 Å². The Morgan fingerprint density at radius 1 is 0.763 bits per heavy atom. The minimum atomic E-state index is -1.41. The molecule has 0 aromatic carbocycles. The predicted octanol–water partition coefficient (Wildman–Crippen LogP) is 6.94. The quantitative estimate of drug-likeness (QED) is 0.400. The van der Waals surface area contributed by atoms with Gasteiger partial charge in [-0.3, -0.25) is 4.79 Å². The van der Waals surface area contributed by atoms with E-state index in [1.54, 1.807) is 13.8 Å². The van der Waals surface area contributed by atoms with E-state index in [-0.39, 0.29) is 45.1 Å². The molecule has 11 unspecified atom stereocenters. The molecule has 0 aliphatic heterocycles. The van der Waals surface area contributed by atoms with Crippen molar-refractivity contribution in [3.63, 3.8) is 0 Å². The zero-order chi connectivity index (χ0) is 28.1. The van der Waals surface area contributed by atoms with Gasteiger partial charge in [0.1, 0.15) is 6.10 Å². The van der Waals surface area contributed by atoms with Crippen molar-refractivity contribution < 1.29 is 24.2 Å². The van der Waals surface area contributed by atoms with Gasteiger partial charge in [0.2, 0.25) is 0 Å². The molecule has 5 saturated carbocycles. The van der Waals surface area contributed by atoms with Crippen molar-refractivity contribution in [3.8, 4) is 0 Å². The van der Waals surface area contributed by atoms with Crippen LogP contribution in [0.2, 0.25) is 0 Å². The first-order valence-corrected chi connectivity index (χ1v) is 15.5. The maximum atomic E-state index is 12.6. The lowest BCUT2D eigenvalue weighted by atomic mass is 9.32. The first-order valence-electron chi connectivity index (χ1n) is 15.5. The highest BCUT2D eigenvalue weighted by Crippen LogP contribution is 2.78. The largest absolute Gasteiger partial charge is 0.467 e. The van der Waals surface area contributed by atoms with Crippen LogP contribution >= 0.6 is 0 Å². The number of methoxy groups -OCH3 is 1. The predicted molar refractivity (Wildman–Crippen MR) is 148 cm³/mol. The Morgan fingerprint density at radius 3 is 1.89 bits per heavy atom. The van der Waals surface area contributed by atoms with Crippen molar-refractivity contribution in [1.29, 1.82) is 0 Å². The summed E-state index contributed by atoms with van der Waals surface area (Å²) in [5, 5.41) is 11.3. The first kappa shape index (κ1) is 28.4. The summed E-state index contributed by atoms with van der Waals surface area (Å²) in [6, 6.07) is 0. The number of ether oxygens (including phenoxy) is 2. The van der Waals surface area contributed by atoms with Crippen LogP contribution in [0.3, 0.4) is 0 Å². The Balaban J connectivity index is 1.46. The molecule has 5 aliphatic rings. The molecular weight excluding hydrogens is 476 g/mol. The maximum absolute atomic E-state index is 12.6. The fourth-order valence-corrected chi connectivity index (χ4v) is 12.6. The second-order valence-electron chi connectivity index (χ2n) is 16.0. The van der Waals surface area contributed by atoms with Gasteiger partial charge in [-0.2, -0.15) is 0 Å². The molecule has 38 heavy (non-hydrogen) atoms. The van der Waals surface area contributed by atoms with E-state index in [1.165, 1.54) is 39.2 Å². The second-order valence-corrected chi connectivity index (χ2v) is 16.0. The lowest BCUT2D eigenvalue weighted by Gasteiger charge is -2.73. The average Bonchev–Trinajstić information content (AvgIpc) is 3.18. The Morgan fingerprint density at radius 2 is 1.32 bits per heavy atom. The Kier molecular flexibility index (Phi) is 6.51. The van der Waals surface area contributed by atoms with Gasteiger partial charge >= 0.3 is 11.9 Å². The zero-order valence-electron chi connectivity index (χ0n) is 25.6. The van der Waals surface area contributed by atoms with Gasteiger partial charge in [0.15, 0.2) is 5.60 Å². The third-order valence-corrected chi connectivity index (χ3v) is 14.5. The molecule has 1 N–H and O–H groups in total. The molecule has 0 heterocycles. The number of carbonyl (C=O) groups is 2. The summed E-state index contributed by atoms with van der Waals surface area (Å²) in [6.07, 6.45) is 11.3. The molecule has 0 aromatic heterocycles. The van der Waals surface area contributed by atoms with Gasteiger partial charge in [-0.25, -0.2) is 4.79 Å². The number of hydrogen-bond acceptors (Lipinski definition) is 5. The Labute approximate surface area is 231 Å². The maximum Gasteiger partial charge on any atom is 0.337 e. The van der Waals surface area contributed by atoms with Gasteiger partial charge in [0.05, 0.1) is 7.11 Å². The third-order valence-electron chi connectivity index (χ3n) is 14.5. The van der Waals surface area contributed by atoms with Crippen molar-refractivity contribution in [1.82, 2.24) is 0 Å². The summed E-state index contributed by atoms with van der Waals surface area (Å²) < 4.78 is 10.9. The number of esters is 2. The molecule has 5 nitrogen and oxygen atoms in total. The van der Waals surface area contributed by atoms with Crippen molar-refractivity contribution in [2.45, 2.75) is 131 Å². The van der Waals surface area contributed by atoms with Gasteiger partial charge in [-0.1, -0.05) is 41.5 Å². The highest BCUT2D eigenvalue weighted by Gasteiger charge is 2.71. The standard InChI is InChI=1S/C33H54O5/c1-20(34)38-26-15-17-30(5)23(28(26,2)3)14-19-32(7)25(30)11-10-24-29(4)16-12-22(33(8,36)27(35)37-9)21(29)13-18-31(24,32)6/h21-26,36H,10-19H2,1-9H3. The van der Waals surface area contributed by atoms with Crippen LogP contribution in [0, 0.1) is 56.7 Å². The number of aliphatic hydroxyl groups is 1. The van der Waals surface area contributed by atoms with E-state index in [4.69, 9.17) is 9.47 Å². The van der Waals surface area contributed by atoms with Crippen LogP contribution in [0.1, 0.15) is 120 Å². The first-order chi connectivity index (χ1) is 17.5. The SMILES string of the molecule is COC(=O)C(C)(O)C1CCC2(C)C1CCC1(C)C2CCC2C3(C)CCC(OC(C)=O)C(C)(C)C3CCC21C. The number of rotatable bonds is 3. The summed E-state index contributed by atoms with van der Waals surface area (Å²) in [5.74, 6) is 1.55. The third kappa shape index (κ3) is 3.51. The molecule has 0 bridgehead atoms. The van der Waals surface area contributed by atoms with Gasteiger partial charge in [-0.05, 0) is 116 Å². The Bertz CT molecular complexity index is 986. The van der Waals surface area contributed by atoms with Crippen molar-refractivity contribution in [2.24, 2.45) is 56.7 Å². The van der Waals surface area contributed by atoms with Gasteiger partial charge in [0, 0.05) is 18.3 Å². The molecule has 5 rings (SSSR count). The molecule has 5 aliphatic carbocycles. The van der Waals surface area contributed by atoms with E-state index < -0.39 is 11.6 Å². The van der Waals surface area contributed by atoms with Crippen molar-refractivity contribution >= 4 is 11.9 Å². The van der Waals surface area contributed by atoms with Crippen LogP contribution in [-0.4, -0.2) is 35.9 Å². The zero-order valence-corrected chi connectivity index (χ0v) is 25.6. The molecule has 0 saturated heterocycles. The monoisotopic (exact) mass is 530 g/mol. The van der Waals surface area contributed by atoms with E-state index in [0.29, 0.717) is 23.7 Å². The van der Waals surface area contributed by atoms with Crippen LogP contribution in [0.5, 0.6) is 0 Å². The van der Waals surface area contributed by atoms with Crippen LogP contribution in [0.25, 0.3) is 0 Å². The molecule has 0 radical (unpaired) electrons. The average molecular weight is 531 g/mol. The molecule has 216 valence electrons. The fraction of sp³-hybridized carbons (Fsp3) is 0.939. The molecule has 11 atom stereocenters. The van der Waals surface area contributed by atoms with Crippen LogP contribution < -0.4 is 0 Å². The van der Waals surface area contributed by atoms with Crippen LogP contribution in [0.4, 0.5) is 0 Å². The van der Waals surface area contributed by atoms with Gasteiger partial charge in [0.25, 0.3) is 0 Å². The molecule has 5 fully saturated rings. The van der Waals surface area contributed by atoms with Crippen molar-refractivity contribution in [2.75, 3.05) is 7.11 Å². The second kappa shape index (κ2) is 8.70. The Hall–Kier alpha value is -1.10. The summed E-state index contributed by atoms with van der Waals surface area (Å²) in [7, 11) is 1.39. The van der Waals surface area contributed by atoms with E-state index in [9.17, 15) is 14.7 Å². The van der Waals surface area contributed by atoms with E-state index in [2.05, 4.69) is 41.5 Å². The van der Waals surface area contributed by atoms with Crippen LogP contribution in [0.15, 0.2) is 0 Å². The molecule has 0 amide bonds. The van der Waals surface area contributed by atoms with Gasteiger partial charge < -0.3 is 14.6 Å². The highest BCUT2D eigenvalue weighted by atomic mass is 16.5. The molecule has 0 aromatic rings. The minimum absolute atomic E-state index is 0.0143. The summed E-state index contributed by atoms with van der Waals surface area (Å²) in [6.45, 7) is 18.3. The summed E-state index contributed by atoms with van der Waals surface area (Å²) in [4.78, 5) is 24.5. The van der Waals surface area contributed by atoms with Gasteiger partial charge in [-0.15, -0.1) is 0 Å². The van der Waals surface area contributed by atoms with Crippen LogP contribution in [-0.2, 0) is 19.1 Å². The smallest absolute Gasteiger partial charge is 0.337 e. The van der Waals surface area contributed by atoms with Crippen molar-refractivity contribution in [3.05, 3.63) is 0 Å². The van der Waals surface area contributed by atoms with E-state index in [1.807, 2.05) is 0 Å². The molecular formula is C33H54O5. The molecule has 5 heteroatoms. The normalized spacial score (nSPS) is 50.9. The minimum Gasteiger partial charge on any atom is -0.467 e. The highest BCUT2D eigenvalue weighted by molar-refractivity contribution is 5.79. The molecule has 0 spiro atoms. The number of fused-ring (bicyclic) bond motifs is 7. The van der Waals surface area contributed by atoms with E-state index >= 15 is 0 Å². The number of carbonyl (C=O) groups excluding carboxylic acids is 2.